The Labute approximate surface area is 346 Å². The van der Waals surface area contributed by atoms with Gasteiger partial charge in [0.15, 0.2) is 0 Å². The first-order valence-corrected chi connectivity index (χ1v) is 21.3. The first-order valence-electron chi connectivity index (χ1n) is 19.7. The number of rotatable bonds is 6. The first kappa shape index (κ1) is 39.5. The molecule has 58 heavy (non-hydrogen) atoms. The van der Waals surface area contributed by atoms with Crippen molar-refractivity contribution in [2.24, 2.45) is 0 Å². The second-order valence-corrected chi connectivity index (χ2v) is 15.9. The molecule has 6 nitrogen and oxygen atoms in total. The van der Waals surface area contributed by atoms with Crippen LogP contribution in [0, 0.1) is 10.2 Å². The van der Waals surface area contributed by atoms with E-state index in [1.807, 2.05) is 0 Å². The second-order valence-electron chi connectivity index (χ2n) is 14.8. The van der Waals surface area contributed by atoms with Crippen molar-refractivity contribution >= 4 is 28.5 Å². The Morgan fingerprint density at radius 2 is 1.09 bits per heavy atom. The molecule has 2 heterocycles. The summed E-state index contributed by atoms with van der Waals surface area (Å²) in [5.74, 6) is 3.78. The molecule has 0 fully saturated rings. The third-order valence-corrected chi connectivity index (χ3v) is 11.4. The van der Waals surface area contributed by atoms with Crippen LogP contribution in [0.1, 0.15) is 73.8 Å². The fraction of sp³-hybridized carbons (Fsp3) is 0.180. The molecule has 0 bridgehead atoms. The Morgan fingerprint density at radius 3 is 1.74 bits per heavy atom. The van der Waals surface area contributed by atoms with Gasteiger partial charge in [-0.05, 0) is 115 Å². The second kappa shape index (κ2) is 17.7. The van der Waals surface area contributed by atoms with E-state index >= 15 is 0 Å². The van der Waals surface area contributed by atoms with Gasteiger partial charge in [-0.3, -0.25) is 0 Å². The minimum absolute atomic E-state index is 0.875. The zero-order chi connectivity index (χ0) is 40.1. The lowest BCUT2D eigenvalue weighted by Crippen LogP contribution is -2.68. The Bertz CT molecular complexity index is 2470. The largest absolute Gasteiger partial charge is 0.456 e. The van der Waals surface area contributed by atoms with Crippen LogP contribution in [0.4, 0.5) is 0 Å². The van der Waals surface area contributed by atoms with Crippen LogP contribution in [-0.4, -0.2) is 0 Å². The van der Waals surface area contributed by atoms with Gasteiger partial charge in [0.05, 0.1) is 22.8 Å². The van der Waals surface area contributed by atoms with Crippen LogP contribution in [0.15, 0.2) is 183 Å². The van der Waals surface area contributed by atoms with Crippen LogP contribution in [0.2, 0.25) is 0 Å². The third-order valence-electron chi connectivity index (χ3n) is 10.9. The summed E-state index contributed by atoms with van der Waals surface area (Å²) in [5.41, 5.74) is 14.6. The van der Waals surface area contributed by atoms with Gasteiger partial charge >= 0.3 is 11.5 Å². The van der Waals surface area contributed by atoms with Crippen molar-refractivity contribution in [3.8, 4) is 22.5 Å². The smallest absolute Gasteiger partial charge is 0.361 e. The molecule has 0 saturated carbocycles. The summed E-state index contributed by atoms with van der Waals surface area (Å²) in [6.45, 7) is 0. The van der Waals surface area contributed by atoms with Gasteiger partial charge in [-0.1, -0.05) is 127 Å². The summed E-state index contributed by atoms with van der Waals surface area (Å²) in [6, 6.07) is 44.6. The van der Waals surface area contributed by atoms with E-state index in [-0.39, 0.29) is 0 Å². The van der Waals surface area contributed by atoms with Crippen LogP contribution in [0.5, 0.6) is 0 Å². The molecule has 292 valence electrons. The first-order chi connectivity index (χ1) is 28.2. The monoisotopic (exact) mass is 808 g/mol. The normalized spacial score (nSPS) is 18.3. The quantitative estimate of drug-likeness (QED) is 0.158. The lowest BCUT2D eigenvalue weighted by Gasteiger charge is -2.30. The van der Waals surface area contributed by atoms with Crippen LogP contribution in [-0.2, 0) is 11.2 Å². The molecule has 0 N–H and O–H groups in total. The maximum Gasteiger partial charge on any atom is 0.361 e. The number of allylic oxidation sites excluding steroid dienone is 10. The van der Waals surface area contributed by atoms with Crippen molar-refractivity contribution in [2.75, 3.05) is 0 Å². The molecule has 0 amide bonds. The highest BCUT2D eigenvalue weighted by Crippen LogP contribution is 2.46. The van der Waals surface area contributed by atoms with E-state index in [0.717, 1.165) is 97.0 Å². The number of benzene rings is 4. The number of hydrogen-bond acceptors (Lipinski definition) is 5. The molecule has 9 rings (SSSR count). The number of ether oxygens (including phenoxy) is 1. The molecule has 4 aliphatic rings. The maximum absolute atomic E-state index is 8.49. The molecule has 1 aliphatic heterocycles. The summed E-state index contributed by atoms with van der Waals surface area (Å²) in [4.78, 5) is 0. The van der Waals surface area contributed by atoms with Gasteiger partial charge in [0.2, 0.25) is 0 Å². The highest BCUT2D eigenvalue weighted by molar-refractivity contribution is 6.32. The lowest BCUT2D eigenvalue weighted by atomic mass is 9.83. The van der Waals surface area contributed by atoms with Gasteiger partial charge in [0.25, 0.3) is 0 Å². The molecule has 0 saturated heterocycles. The molecule has 0 spiro atoms. The van der Waals surface area contributed by atoms with Crippen molar-refractivity contribution in [2.45, 2.75) is 57.8 Å². The average molecular weight is 810 g/mol. The molecular weight excluding hydrogens is 767 g/mol. The van der Waals surface area contributed by atoms with E-state index in [0.29, 0.717) is 0 Å². The Kier molecular flexibility index (Phi) is 12.0. The van der Waals surface area contributed by atoms with Crippen molar-refractivity contribution in [3.63, 3.8) is 0 Å². The fourth-order valence-electron chi connectivity index (χ4n) is 8.34. The SMILES string of the molecule is ClC1=C(/C=C2\CCCc3c(-c4ccccc4)cc(-c4ccccc4)[o+]c32)CCC/C1=C\C1=C2OC(c3ccccc3)=CC(c3ccccc3)=C2CCC1.[O-][Cl+3]([O-])([O-])[O-]. The van der Waals surface area contributed by atoms with Crippen molar-refractivity contribution < 1.29 is 38.0 Å². The molecule has 4 aromatic carbocycles. The van der Waals surface area contributed by atoms with Gasteiger partial charge in [0, 0.05) is 21.7 Å². The zero-order valence-electron chi connectivity index (χ0n) is 31.9. The molecular formula is C50H42Cl2O6. The minimum Gasteiger partial charge on any atom is -0.456 e. The van der Waals surface area contributed by atoms with E-state index in [1.54, 1.807) is 0 Å². The van der Waals surface area contributed by atoms with E-state index in [4.69, 9.17) is 39.4 Å². The van der Waals surface area contributed by atoms with E-state index < -0.39 is 10.2 Å². The molecule has 0 radical (unpaired) electrons. The third kappa shape index (κ3) is 9.19. The predicted octanol–water partition coefficient (Wildman–Crippen LogP) is 9.42. The maximum atomic E-state index is 8.49. The predicted molar refractivity (Wildman–Crippen MR) is 219 cm³/mol. The average Bonchev–Trinajstić information content (AvgIpc) is 3.25. The van der Waals surface area contributed by atoms with E-state index in [9.17, 15) is 0 Å². The molecule has 1 aromatic heterocycles. The lowest BCUT2D eigenvalue weighted by molar-refractivity contribution is -2.00. The highest BCUT2D eigenvalue weighted by Gasteiger charge is 2.33. The van der Waals surface area contributed by atoms with Gasteiger partial charge in [-0.2, -0.15) is 0 Å². The van der Waals surface area contributed by atoms with Crippen LogP contribution >= 0.6 is 11.6 Å². The van der Waals surface area contributed by atoms with Gasteiger partial charge in [-0.15, -0.1) is 10.2 Å². The molecule has 0 unspecified atom stereocenters. The fourth-order valence-corrected chi connectivity index (χ4v) is 8.64. The van der Waals surface area contributed by atoms with Gasteiger partial charge < -0.3 is 4.74 Å². The molecule has 0 atom stereocenters. The van der Waals surface area contributed by atoms with Crippen LogP contribution < -0.4 is 18.6 Å². The highest BCUT2D eigenvalue weighted by atomic mass is 35.7. The number of fused-ring (bicyclic) bond motifs is 2. The van der Waals surface area contributed by atoms with Crippen molar-refractivity contribution in [3.05, 3.63) is 201 Å². The number of hydrogen-bond donors (Lipinski definition) is 0. The summed E-state index contributed by atoms with van der Waals surface area (Å²) in [6.07, 6.45) is 16.0. The van der Waals surface area contributed by atoms with E-state index in [2.05, 4.69) is 146 Å². The van der Waals surface area contributed by atoms with E-state index in [1.165, 1.54) is 55.7 Å². The van der Waals surface area contributed by atoms with Crippen LogP contribution in [0.3, 0.4) is 0 Å². The Hall–Kier alpha value is -5.31. The molecule has 3 aliphatic carbocycles. The number of halogens is 2. The Balaban J connectivity index is 0.000000887. The topological polar surface area (TPSA) is 113 Å². The zero-order valence-corrected chi connectivity index (χ0v) is 33.4. The summed E-state index contributed by atoms with van der Waals surface area (Å²) >= 11 is 7.44. The molecule has 5 aromatic rings. The van der Waals surface area contributed by atoms with Gasteiger partial charge in [-0.25, -0.2) is 23.1 Å². The van der Waals surface area contributed by atoms with Crippen molar-refractivity contribution in [1.82, 2.24) is 0 Å². The molecule has 8 heteroatoms. The van der Waals surface area contributed by atoms with Crippen LogP contribution in [0.25, 0.3) is 39.4 Å². The minimum atomic E-state index is -4.94. The summed E-state index contributed by atoms with van der Waals surface area (Å²) < 4.78 is 47.7. The summed E-state index contributed by atoms with van der Waals surface area (Å²) in [5, 5.41) is 0.875. The van der Waals surface area contributed by atoms with Gasteiger partial charge in [0.1, 0.15) is 11.5 Å². The Morgan fingerprint density at radius 1 is 0.569 bits per heavy atom. The standard InChI is InChI=1S/C50H42ClO2.ClHO4/c51-48-38(30-40-26-14-28-42-44(34-16-5-1-6-17-34)32-46(52-49(40)42)36-20-9-3-10-21-36)24-13-25-39(48)31-41-27-15-29-43-45(35-18-7-2-8-19-35)33-47(53-50(41)43)37-22-11-4-12-23-37;2-1(3,4)5/h1-12,16-23,30-33H,13-15,24-29H2;(H,2,3,4,5)/q+1;/p-1. The summed E-state index contributed by atoms with van der Waals surface area (Å²) in [7, 11) is -4.94. The van der Waals surface area contributed by atoms with Crippen molar-refractivity contribution in [1.29, 1.82) is 0 Å².